The third kappa shape index (κ3) is 2.61. The van der Waals surface area contributed by atoms with Gasteiger partial charge in [-0.25, -0.2) is 4.79 Å². The number of carbonyl (C=O) groups is 1. The Kier molecular flexibility index (Phi) is 3.71. The molecule has 3 N–H and O–H groups in total. The quantitative estimate of drug-likeness (QED) is 0.684. The largest absolute Gasteiger partial charge is 0.478 e. The molecule has 0 bridgehead atoms. The maximum Gasteiger partial charge on any atom is 0.336 e. The van der Waals surface area contributed by atoms with Crippen LogP contribution in [0.25, 0.3) is 0 Å². The van der Waals surface area contributed by atoms with Crippen molar-refractivity contribution in [1.82, 2.24) is 0 Å². The summed E-state index contributed by atoms with van der Waals surface area (Å²) in [5, 5.41) is 8.83. The van der Waals surface area contributed by atoms with Crippen LogP contribution in [0.4, 0.5) is 0 Å². The summed E-state index contributed by atoms with van der Waals surface area (Å²) in [6.07, 6.45) is 0.577. The highest BCUT2D eigenvalue weighted by molar-refractivity contribution is 5.90. The molecule has 0 saturated carbocycles. The van der Waals surface area contributed by atoms with E-state index in [1.807, 2.05) is 0 Å². The maximum atomic E-state index is 10.8. The lowest BCUT2D eigenvalue weighted by Crippen LogP contribution is -1.99. The topological polar surface area (TPSA) is 63.3 Å². The fourth-order valence-electron chi connectivity index (χ4n) is 1.01. The average Bonchev–Trinajstić information content (AvgIpc) is 2.19. The first-order chi connectivity index (χ1) is 6.75. The summed E-state index contributed by atoms with van der Waals surface area (Å²) in [7, 11) is 0. The molecule has 0 unspecified atom stereocenters. The lowest BCUT2D eigenvalue weighted by atomic mass is 10.1. The van der Waals surface area contributed by atoms with Gasteiger partial charge in [-0.1, -0.05) is 24.0 Å². The van der Waals surface area contributed by atoms with Crippen molar-refractivity contribution in [3.8, 4) is 11.8 Å². The molecule has 1 rings (SSSR count). The molecule has 0 aliphatic heterocycles. The smallest absolute Gasteiger partial charge is 0.336 e. The molecule has 0 aliphatic rings. The van der Waals surface area contributed by atoms with Gasteiger partial charge in [0.15, 0.2) is 0 Å². The lowest BCUT2D eigenvalue weighted by Gasteiger charge is -1.96. The lowest BCUT2D eigenvalue weighted by molar-refractivity contribution is 0.0696. The molecule has 72 valence electrons. The number of hydrogen-bond donors (Lipinski definition) is 2. The van der Waals surface area contributed by atoms with E-state index in [1.165, 1.54) is 6.07 Å². The highest BCUT2D eigenvalue weighted by atomic mass is 16.4. The van der Waals surface area contributed by atoms with Crippen molar-refractivity contribution in [3.05, 3.63) is 35.4 Å². The summed E-state index contributed by atoms with van der Waals surface area (Å²) in [6.45, 7) is 0.488. The number of carboxylic acids is 1. The van der Waals surface area contributed by atoms with Gasteiger partial charge in [-0.05, 0) is 12.1 Å². The van der Waals surface area contributed by atoms with E-state index in [2.05, 4.69) is 11.8 Å². The fraction of sp³-hybridized carbons (Fsp3) is 0.182. The van der Waals surface area contributed by atoms with Crippen LogP contribution >= 0.6 is 0 Å². The Morgan fingerprint density at radius 2 is 2.14 bits per heavy atom. The normalized spacial score (nSPS) is 8.93. The molecule has 0 radical (unpaired) electrons. The van der Waals surface area contributed by atoms with Crippen molar-refractivity contribution >= 4 is 5.97 Å². The van der Waals surface area contributed by atoms with Crippen LogP contribution in [-0.4, -0.2) is 17.6 Å². The van der Waals surface area contributed by atoms with Crippen molar-refractivity contribution in [2.24, 2.45) is 5.73 Å². The van der Waals surface area contributed by atoms with E-state index in [0.717, 1.165) is 0 Å². The van der Waals surface area contributed by atoms with Gasteiger partial charge < -0.3 is 10.8 Å². The molecule has 0 saturated heterocycles. The standard InChI is InChI=1S/C11H11NO2/c12-8-4-3-6-9-5-1-2-7-10(9)11(13)14/h1-2,5,7H,4,8,12H2,(H,13,14). The van der Waals surface area contributed by atoms with Crippen LogP contribution in [0, 0.1) is 11.8 Å². The van der Waals surface area contributed by atoms with Crippen LogP contribution in [0.1, 0.15) is 22.3 Å². The fourth-order valence-corrected chi connectivity index (χ4v) is 1.01. The molecule has 14 heavy (non-hydrogen) atoms. The zero-order valence-corrected chi connectivity index (χ0v) is 7.66. The van der Waals surface area contributed by atoms with Crippen molar-refractivity contribution in [1.29, 1.82) is 0 Å². The van der Waals surface area contributed by atoms with Crippen LogP contribution in [0.15, 0.2) is 24.3 Å². The number of hydrogen-bond acceptors (Lipinski definition) is 2. The number of carboxylic acid groups (broad SMARTS) is 1. The predicted molar refractivity (Wildman–Crippen MR) is 54.0 cm³/mol. The maximum absolute atomic E-state index is 10.8. The molecule has 0 aliphatic carbocycles. The minimum absolute atomic E-state index is 0.233. The van der Waals surface area contributed by atoms with Gasteiger partial charge in [0, 0.05) is 18.5 Å². The van der Waals surface area contributed by atoms with Crippen LogP contribution < -0.4 is 5.73 Å². The molecule has 0 heterocycles. The molecule has 0 fully saturated rings. The minimum atomic E-state index is -0.956. The van der Waals surface area contributed by atoms with Crippen molar-refractivity contribution in [3.63, 3.8) is 0 Å². The van der Waals surface area contributed by atoms with Crippen molar-refractivity contribution in [2.75, 3.05) is 6.54 Å². The van der Waals surface area contributed by atoms with Crippen molar-refractivity contribution < 1.29 is 9.90 Å². The van der Waals surface area contributed by atoms with Crippen LogP contribution in [-0.2, 0) is 0 Å². The summed E-state index contributed by atoms with van der Waals surface area (Å²) >= 11 is 0. The van der Waals surface area contributed by atoms with Gasteiger partial charge in [0.25, 0.3) is 0 Å². The molecule has 0 atom stereocenters. The Balaban J connectivity index is 2.97. The Morgan fingerprint density at radius 1 is 1.43 bits per heavy atom. The monoisotopic (exact) mass is 189 g/mol. The van der Waals surface area contributed by atoms with E-state index in [0.29, 0.717) is 18.5 Å². The van der Waals surface area contributed by atoms with Crippen LogP contribution in [0.5, 0.6) is 0 Å². The number of aromatic carboxylic acids is 1. The first-order valence-corrected chi connectivity index (χ1v) is 4.27. The van der Waals surface area contributed by atoms with Gasteiger partial charge in [0.1, 0.15) is 0 Å². The van der Waals surface area contributed by atoms with E-state index in [4.69, 9.17) is 10.8 Å². The molecule has 1 aromatic carbocycles. The second-order valence-corrected chi connectivity index (χ2v) is 2.69. The molecule has 0 aromatic heterocycles. The molecule has 0 spiro atoms. The second kappa shape index (κ2) is 5.05. The second-order valence-electron chi connectivity index (χ2n) is 2.69. The molecule has 3 heteroatoms. The first kappa shape index (κ1) is 10.3. The number of rotatable bonds is 2. The molecular formula is C11H11NO2. The summed E-state index contributed by atoms with van der Waals surface area (Å²) < 4.78 is 0. The van der Waals surface area contributed by atoms with E-state index < -0.39 is 5.97 Å². The van der Waals surface area contributed by atoms with Gasteiger partial charge in [-0.3, -0.25) is 0 Å². The Labute approximate surface area is 82.6 Å². The van der Waals surface area contributed by atoms with Gasteiger partial charge in [0.05, 0.1) is 5.56 Å². The summed E-state index contributed by atoms with van der Waals surface area (Å²) in [4.78, 5) is 10.8. The minimum Gasteiger partial charge on any atom is -0.478 e. The number of benzene rings is 1. The highest BCUT2D eigenvalue weighted by Gasteiger charge is 2.05. The Morgan fingerprint density at radius 3 is 2.79 bits per heavy atom. The number of nitrogens with two attached hydrogens (primary N) is 1. The van der Waals surface area contributed by atoms with Crippen molar-refractivity contribution in [2.45, 2.75) is 6.42 Å². The highest BCUT2D eigenvalue weighted by Crippen LogP contribution is 2.06. The van der Waals surface area contributed by atoms with Gasteiger partial charge in [-0.15, -0.1) is 0 Å². The molecular weight excluding hydrogens is 178 g/mol. The van der Waals surface area contributed by atoms with E-state index in [-0.39, 0.29) is 5.56 Å². The molecule has 3 nitrogen and oxygen atoms in total. The average molecular weight is 189 g/mol. The first-order valence-electron chi connectivity index (χ1n) is 4.27. The Bertz CT molecular complexity index is 388. The SMILES string of the molecule is NCCC#Cc1ccccc1C(=O)O. The summed E-state index contributed by atoms with van der Waals surface area (Å²) in [5.41, 5.74) is 6.04. The van der Waals surface area contributed by atoms with E-state index in [9.17, 15) is 4.79 Å². The zero-order chi connectivity index (χ0) is 10.4. The molecule has 1 aromatic rings. The van der Waals surface area contributed by atoms with Gasteiger partial charge >= 0.3 is 5.97 Å². The van der Waals surface area contributed by atoms with Gasteiger partial charge in [-0.2, -0.15) is 0 Å². The molecule has 0 amide bonds. The third-order valence-electron chi connectivity index (χ3n) is 1.65. The van der Waals surface area contributed by atoms with Crippen LogP contribution in [0.2, 0.25) is 0 Å². The van der Waals surface area contributed by atoms with Gasteiger partial charge in [0.2, 0.25) is 0 Å². The zero-order valence-electron chi connectivity index (χ0n) is 7.66. The summed E-state index contributed by atoms with van der Waals surface area (Å²) in [5.74, 6) is 4.64. The van der Waals surface area contributed by atoms with E-state index in [1.54, 1.807) is 18.2 Å². The summed E-state index contributed by atoms with van der Waals surface area (Å²) in [6, 6.07) is 6.66. The third-order valence-corrected chi connectivity index (χ3v) is 1.65. The predicted octanol–water partition coefficient (Wildman–Crippen LogP) is 1.09. The van der Waals surface area contributed by atoms with E-state index >= 15 is 0 Å². The Hall–Kier alpha value is -1.79. The van der Waals surface area contributed by atoms with Crippen LogP contribution in [0.3, 0.4) is 0 Å².